The van der Waals surface area contributed by atoms with E-state index in [1.54, 1.807) is 23.7 Å². The van der Waals surface area contributed by atoms with E-state index in [4.69, 9.17) is 0 Å². The van der Waals surface area contributed by atoms with Crippen LogP contribution in [0.15, 0.2) is 29.2 Å². The van der Waals surface area contributed by atoms with Crippen molar-refractivity contribution >= 4 is 11.3 Å². The maximum Gasteiger partial charge on any atom is 0.141 e. The van der Waals surface area contributed by atoms with Crippen molar-refractivity contribution in [2.45, 2.75) is 20.0 Å². The molecule has 0 fully saturated rings. The van der Waals surface area contributed by atoms with Gasteiger partial charge in [0.1, 0.15) is 5.82 Å². The quantitative estimate of drug-likeness (QED) is 0.856. The molecule has 2 aromatic rings. The second-order valence-corrected chi connectivity index (χ2v) is 4.09. The number of thiophene rings is 1. The van der Waals surface area contributed by atoms with E-state index in [9.17, 15) is 0 Å². The van der Waals surface area contributed by atoms with Gasteiger partial charge in [-0.3, -0.25) is 0 Å². The molecule has 2 rings (SSSR count). The lowest BCUT2D eigenvalue weighted by Crippen LogP contribution is -2.14. The van der Waals surface area contributed by atoms with Gasteiger partial charge in [0.15, 0.2) is 0 Å². The fourth-order valence-corrected chi connectivity index (χ4v) is 2.16. The van der Waals surface area contributed by atoms with Gasteiger partial charge in [-0.2, -0.15) is 11.3 Å². The Labute approximate surface area is 93.2 Å². The van der Waals surface area contributed by atoms with Crippen molar-refractivity contribution in [2.75, 3.05) is 0 Å². The van der Waals surface area contributed by atoms with Gasteiger partial charge < -0.3 is 5.32 Å². The summed E-state index contributed by atoms with van der Waals surface area (Å²) in [6, 6.07) is 1.83. The average Bonchev–Trinajstić information content (AvgIpc) is 2.66. The van der Waals surface area contributed by atoms with Crippen LogP contribution < -0.4 is 5.32 Å². The molecule has 0 saturated heterocycles. The van der Waals surface area contributed by atoms with Gasteiger partial charge in [-0.15, -0.1) is 0 Å². The SMILES string of the molecule is Cc1cscc1CNCc1ncccn1. The van der Waals surface area contributed by atoms with E-state index in [0.29, 0.717) is 0 Å². The molecule has 0 bridgehead atoms. The van der Waals surface area contributed by atoms with E-state index in [0.717, 1.165) is 18.9 Å². The highest BCUT2D eigenvalue weighted by atomic mass is 32.1. The summed E-state index contributed by atoms with van der Waals surface area (Å²) in [6.45, 7) is 3.73. The summed E-state index contributed by atoms with van der Waals surface area (Å²) < 4.78 is 0. The molecular weight excluding hydrogens is 206 g/mol. The van der Waals surface area contributed by atoms with Gasteiger partial charge in [-0.25, -0.2) is 9.97 Å². The van der Waals surface area contributed by atoms with Gasteiger partial charge in [0.2, 0.25) is 0 Å². The summed E-state index contributed by atoms with van der Waals surface area (Å²) in [5, 5.41) is 7.66. The zero-order valence-corrected chi connectivity index (χ0v) is 9.42. The van der Waals surface area contributed by atoms with Crippen LogP contribution >= 0.6 is 11.3 Å². The lowest BCUT2D eigenvalue weighted by Gasteiger charge is -2.02. The zero-order chi connectivity index (χ0) is 10.5. The molecule has 1 N–H and O–H groups in total. The molecule has 0 aliphatic heterocycles. The molecular formula is C11H13N3S. The maximum atomic E-state index is 4.15. The molecule has 15 heavy (non-hydrogen) atoms. The van der Waals surface area contributed by atoms with Crippen molar-refractivity contribution in [2.24, 2.45) is 0 Å². The molecule has 0 amide bonds. The molecule has 4 heteroatoms. The molecule has 0 aliphatic rings. The lowest BCUT2D eigenvalue weighted by atomic mass is 10.2. The van der Waals surface area contributed by atoms with Crippen LogP contribution in [0.5, 0.6) is 0 Å². The van der Waals surface area contributed by atoms with E-state index >= 15 is 0 Å². The Kier molecular flexibility index (Phi) is 3.42. The van der Waals surface area contributed by atoms with Crippen molar-refractivity contribution in [1.82, 2.24) is 15.3 Å². The normalized spacial score (nSPS) is 10.5. The minimum atomic E-state index is 0.718. The molecule has 0 atom stereocenters. The fourth-order valence-electron chi connectivity index (χ4n) is 1.30. The van der Waals surface area contributed by atoms with Crippen molar-refractivity contribution in [1.29, 1.82) is 0 Å². The lowest BCUT2D eigenvalue weighted by molar-refractivity contribution is 0.661. The number of aromatic nitrogens is 2. The standard InChI is InChI=1S/C11H13N3S/c1-9-7-15-8-10(9)5-12-6-11-13-3-2-4-14-11/h2-4,7-8,12H,5-6H2,1H3. The zero-order valence-electron chi connectivity index (χ0n) is 8.60. The topological polar surface area (TPSA) is 37.8 Å². The van der Waals surface area contributed by atoms with Crippen LogP contribution in [0.4, 0.5) is 0 Å². The van der Waals surface area contributed by atoms with Gasteiger partial charge in [0, 0.05) is 18.9 Å². The van der Waals surface area contributed by atoms with Gasteiger partial charge in [-0.05, 0) is 34.9 Å². The summed E-state index contributed by atoms with van der Waals surface area (Å²) in [4.78, 5) is 8.30. The number of nitrogens with one attached hydrogen (secondary N) is 1. The monoisotopic (exact) mass is 219 g/mol. The highest BCUT2D eigenvalue weighted by Crippen LogP contribution is 2.12. The Morgan fingerprint density at radius 2 is 2.00 bits per heavy atom. The third-order valence-electron chi connectivity index (χ3n) is 2.18. The molecule has 2 heterocycles. The van der Waals surface area contributed by atoms with E-state index in [1.807, 2.05) is 6.07 Å². The Bertz CT molecular complexity index is 411. The molecule has 0 aliphatic carbocycles. The van der Waals surface area contributed by atoms with Crippen LogP contribution in [0.3, 0.4) is 0 Å². The average molecular weight is 219 g/mol. The van der Waals surface area contributed by atoms with Gasteiger partial charge in [0.05, 0.1) is 6.54 Å². The number of aryl methyl sites for hydroxylation is 1. The molecule has 0 saturated carbocycles. The number of hydrogen-bond acceptors (Lipinski definition) is 4. The Balaban J connectivity index is 1.83. The minimum Gasteiger partial charge on any atom is -0.306 e. The number of nitrogens with zero attached hydrogens (tertiary/aromatic N) is 2. The Morgan fingerprint density at radius 3 is 2.67 bits per heavy atom. The summed E-state index contributed by atoms with van der Waals surface area (Å²) in [5.74, 6) is 0.838. The van der Waals surface area contributed by atoms with Crippen LogP contribution in [0.2, 0.25) is 0 Å². The van der Waals surface area contributed by atoms with Crippen LogP contribution in [0, 0.1) is 6.92 Å². The Hall–Kier alpha value is -1.26. The van der Waals surface area contributed by atoms with E-state index < -0.39 is 0 Å². The molecule has 2 aromatic heterocycles. The largest absolute Gasteiger partial charge is 0.306 e. The summed E-state index contributed by atoms with van der Waals surface area (Å²) >= 11 is 1.74. The fraction of sp³-hybridized carbons (Fsp3) is 0.273. The van der Waals surface area contributed by atoms with Crippen LogP contribution in [-0.4, -0.2) is 9.97 Å². The van der Waals surface area contributed by atoms with E-state index in [2.05, 4.69) is 33.0 Å². The van der Waals surface area contributed by atoms with Crippen LogP contribution in [-0.2, 0) is 13.1 Å². The molecule has 0 aromatic carbocycles. The van der Waals surface area contributed by atoms with Crippen LogP contribution in [0.1, 0.15) is 17.0 Å². The molecule has 3 nitrogen and oxygen atoms in total. The van der Waals surface area contributed by atoms with Crippen molar-refractivity contribution in [3.63, 3.8) is 0 Å². The molecule has 78 valence electrons. The first-order valence-corrected chi connectivity index (χ1v) is 5.79. The third-order valence-corrected chi connectivity index (χ3v) is 3.09. The third kappa shape index (κ3) is 2.84. The van der Waals surface area contributed by atoms with Crippen molar-refractivity contribution in [3.8, 4) is 0 Å². The summed E-state index contributed by atoms with van der Waals surface area (Å²) in [6.07, 6.45) is 3.53. The van der Waals surface area contributed by atoms with E-state index in [1.165, 1.54) is 11.1 Å². The maximum absolute atomic E-state index is 4.15. The smallest absolute Gasteiger partial charge is 0.141 e. The number of hydrogen-bond donors (Lipinski definition) is 1. The first-order valence-electron chi connectivity index (χ1n) is 4.84. The van der Waals surface area contributed by atoms with E-state index in [-0.39, 0.29) is 0 Å². The Morgan fingerprint density at radius 1 is 1.20 bits per heavy atom. The number of rotatable bonds is 4. The van der Waals surface area contributed by atoms with Crippen molar-refractivity contribution < 1.29 is 0 Å². The molecule has 0 spiro atoms. The predicted octanol–water partition coefficient (Wildman–Crippen LogP) is 2.14. The first kappa shape index (κ1) is 10.3. The predicted molar refractivity (Wildman–Crippen MR) is 61.6 cm³/mol. The highest BCUT2D eigenvalue weighted by Gasteiger charge is 1.99. The summed E-state index contributed by atoms with van der Waals surface area (Å²) in [7, 11) is 0. The summed E-state index contributed by atoms with van der Waals surface area (Å²) in [5.41, 5.74) is 2.71. The van der Waals surface area contributed by atoms with Gasteiger partial charge in [0.25, 0.3) is 0 Å². The highest BCUT2D eigenvalue weighted by molar-refractivity contribution is 7.08. The second kappa shape index (κ2) is 5.00. The molecule has 0 unspecified atom stereocenters. The molecule has 0 radical (unpaired) electrons. The van der Waals surface area contributed by atoms with Gasteiger partial charge >= 0.3 is 0 Å². The van der Waals surface area contributed by atoms with Crippen LogP contribution in [0.25, 0.3) is 0 Å². The second-order valence-electron chi connectivity index (χ2n) is 3.35. The minimum absolute atomic E-state index is 0.718. The van der Waals surface area contributed by atoms with Gasteiger partial charge in [-0.1, -0.05) is 0 Å². The first-order chi connectivity index (χ1) is 7.36. The van der Waals surface area contributed by atoms with Crippen molar-refractivity contribution in [3.05, 3.63) is 46.2 Å².